The topological polar surface area (TPSA) is 75.8 Å². The number of methoxy groups -OCH3 is 1. The summed E-state index contributed by atoms with van der Waals surface area (Å²) in [6, 6.07) is 7.11. The molecule has 3 rings (SSSR count). The number of rotatable bonds is 4. The number of oxazole rings is 1. The Morgan fingerprint density at radius 3 is 2.73 bits per heavy atom. The zero-order valence-electron chi connectivity index (χ0n) is 13.9. The van der Waals surface area contributed by atoms with Crippen LogP contribution in [0, 0.1) is 0 Å². The zero-order chi connectivity index (χ0) is 18.9. The number of nitrogens with zero attached hydrogens (tertiary/aromatic N) is 2. The molecule has 0 saturated carbocycles. The first-order chi connectivity index (χ1) is 12.3. The minimum atomic E-state index is -4.90. The molecule has 1 aliphatic rings. The number of carboxylic acid groups (broad SMARTS) is 1. The number of piperidine rings is 1. The van der Waals surface area contributed by atoms with Gasteiger partial charge in [0.25, 0.3) is 6.01 Å². The van der Waals surface area contributed by atoms with Crippen LogP contribution in [0.1, 0.15) is 40.6 Å². The van der Waals surface area contributed by atoms with Gasteiger partial charge in [-0.25, -0.2) is 4.79 Å². The second-order valence-electron chi connectivity index (χ2n) is 6.00. The highest BCUT2D eigenvalue weighted by atomic mass is 19.4. The second-order valence-corrected chi connectivity index (χ2v) is 6.00. The number of hydrogen-bond donors (Lipinski definition) is 1. The maximum Gasteiger partial charge on any atom is 0.437 e. The molecule has 0 amide bonds. The van der Waals surface area contributed by atoms with Crippen LogP contribution in [-0.2, 0) is 6.18 Å². The standard InChI is InChI=1S/C17H17F3N2O4/c1-25-12-7-3-2-6-11(12)10-5-4-8-22(9-10)16-21-14(17(18,19)20)13(26-16)15(23)24/h2-3,6-7,10H,4-5,8-9H2,1H3,(H,23,24). The lowest BCUT2D eigenvalue weighted by Crippen LogP contribution is -2.34. The molecule has 0 bridgehead atoms. The summed E-state index contributed by atoms with van der Waals surface area (Å²) in [5.74, 6) is -2.27. The van der Waals surface area contributed by atoms with Gasteiger partial charge in [-0.3, -0.25) is 0 Å². The van der Waals surface area contributed by atoms with Gasteiger partial charge in [0.15, 0.2) is 5.69 Å². The van der Waals surface area contributed by atoms with E-state index in [-0.39, 0.29) is 11.9 Å². The first-order valence-electron chi connectivity index (χ1n) is 8.00. The molecule has 1 N–H and O–H groups in total. The van der Waals surface area contributed by atoms with Crippen molar-refractivity contribution in [3.05, 3.63) is 41.3 Å². The van der Waals surface area contributed by atoms with Crippen molar-refractivity contribution in [2.24, 2.45) is 0 Å². The molecule has 2 heterocycles. The zero-order valence-corrected chi connectivity index (χ0v) is 13.9. The predicted molar refractivity (Wildman–Crippen MR) is 85.6 cm³/mol. The van der Waals surface area contributed by atoms with E-state index >= 15 is 0 Å². The van der Waals surface area contributed by atoms with Crippen LogP contribution in [0.3, 0.4) is 0 Å². The van der Waals surface area contributed by atoms with Crippen molar-refractivity contribution in [3.8, 4) is 5.75 Å². The highest BCUT2D eigenvalue weighted by Crippen LogP contribution is 2.37. The number of halogens is 3. The Morgan fingerprint density at radius 2 is 2.12 bits per heavy atom. The number of carboxylic acids is 1. The lowest BCUT2D eigenvalue weighted by atomic mass is 9.90. The molecule has 1 aromatic carbocycles. The van der Waals surface area contributed by atoms with Gasteiger partial charge < -0.3 is 19.2 Å². The summed E-state index contributed by atoms with van der Waals surface area (Å²) in [7, 11) is 1.56. The molecular weight excluding hydrogens is 353 g/mol. The van der Waals surface area contributed by atoms with Gasteiger partial charge in [0.05, 0.1) is 7.11 Å². The number of aromatic carboxylic acids is 1. The van der Waals surface area contributed by atoms with Crippen molar-refractivity contribution >= 4 is 12.0 Å². The smallest absolute Gasteiger partial charge is 0.437 e. The van der Waals surface area contributed by atoms with Crippen LogP contribution in [-0.4, -0.2) is 36.3 Å². The predicted octanol–water partition coefficient (Wildman–Crippen LogP) is 3.78. The minimum absolute atomic E-state index is 0.00872. The summed E-state index contributed by atoms with van der Waals surface area (Å²) in [6.07, 6.45) is -3.36. The fourth-order valence-electron chi connectivity index (χ4n) is 3.19. The van der Waals surface area contributed by atoms with Crippen LogP contribution in [0.4, 0.5) is 19.2 Å². The fourth-order valence-corrected chi connectivity index (χ4v) is 3.19. The Labute approximate surface area is 147 Å². The van der Waals surface area contributed by atoms with Gasteiger partial charge >= 0.3 is 12.1 Å². The fraction of sp³-hybridized carbons (Fsp3) is 0.412. The van der Waals surface area contributed by atoms with Crippen molar-refractivity contribution in [2.75, 3.05) is 25.1 Å². The average Bonchev–Trinajstić information content (AvgIpc) is 3.08. The number of aromatic nitrogens is 1. The number of carbonyl (C=O) groups is 1. The highest BCUT2D eigenvalue weighted by molar-refractivity contribution is 5.86. The van der Waals surface area contributed by atoms with Crippen molar-refractivity contribution in [2.45, 2.75) is 24.9 Å². The molecule has 1 saturated heterocycles. The van der Waals surface area contributed by atoms with Gasteiger partial charge in [0.2, 0.25) is 5.76 Å². The lowest BCUT2D eigenvalue weighted by Gasteiger charge is -2.32. The third-order valence-corrected chi connectivity index (χ3v) is 4.35. The van der Waals surface area contributed by atoms with E-state index in [2.05, 4.69) is 4.98 Å². The van der Waals surface area contributed by atoms with E-state index < -0.39 is 23.6 Å². The molecule has 6 nitrogen and oxygen atoms in total. The quantitative estimate of drug-likeness (QED) is 0.883. The van der Waals surface area contributed by atoms with Crippen LogP contribution in [0.2, 0.25) is 0 Å². The molecule has 140 valence electrons. The van der Waals surface area contributed by atoms with Gasteiger partial charge in [-0.1, -0.05) is 18.2 Å². The number of para-hydroxylation sites is 1. The summed E-state index contributed by atoms with van der Waals surface area (Å²) < 4.78 is 49.3. The largest absolute Gasteiger partial charge is 0.496 e. The molecule has 1 aliphatic heterocycles. The molecule has 1 atom stereocenters. The highest BCUT2D eigenvalue weighted by Gasteiger charge is 2.42. The molecule has 26 heavy (non-hydrogen) atoms. The lowest BCUT2D eigenvalue weighted by molar-refractivity contribution is -0.141. The van der Waals surface area contributed by atoms with Crippen LogP contribution in [0.25, 0.3) is 0 Å². The Bertz CT molecular complexity index is 804. The number of hydrogen-bond acceptors (Lipinski definition) is 5. The van der Waals surface area contributed by atoms with Crippen molar-refractivity contribution in [1.82, 2.24) is 4.98 Å². The molecule has 0 spiro atoms. The summed E-state index contributed by atoms with van der Waals surface area (Å²) in [6.45, 7) is 0.791. The van der Waals surface area contributed by atoms with E-state index in [0.717, 1.165) is 12.0 Å². The third kappa shape index (κ3) is 3.47. The van der Waals surface area contributed by atoms with Gasteiger partial charge in [0.1, 0.15) is 5.75 Å². The van der Waals surface area contributed by atoms with E-state index in [1.807, 2.05) is 24.3 Å². The molecular formula is C17H17F3N2O4. The number of alkyl halides is 3. The first-order valence-corrected chi connectivity index (χ1v) is 8.00. The van der Waals surface area contributed by atoms with E-state index in [0.29, 0.717) is 25.3 Å². The van der Waals surface area contributed by atoms with E-state index in [1.54, 1.807) is 12.0 Å². The van der Waals surface area contributed by atoms with Gasteiger partial charge in [-0.15, -0.1) is 0 Å². The number of ether oxygens (including phenoxy) is 1. The maximum atomic E-state index is 13.0. The first kappa shape index (κ1) is 18.1. The third-order valence-electron chi connectivity index (χ3n) is 4.35. The van der Waals surface area contributed by atoms with Gasteiger partial charge in [-0.05, 0) is 24.5 Å². The molecule has 1 aromatic heterocycles. The summed E-state index contributed by atoms with van der Waals surface area (Å²) in [5, 5.41) is 8.97. The van der Waals surface area contributed by atoms with Crippen molar-refractivity contribution < 1.29 is 32.2 Å². The van der Waals surface area contributed by atoms with Crippen LogP contribution < -0.4 is 9.64 Å². The van der Waals surface area contributed by atoms with E-state index in [1.165, 1.54) is 0 Å². The Hall–Kier alpha value is -2.71. The number of anilines is 1. The Morgan fingerprint density at radius 1 is 1.38 bits per heavy atom. The maximum absolute atomic E-state index is 13.0. The summed E-state index contributed by atoms with van der Waals surface area (Å²) >= 11 is 0. The molecule has 9 heteroatoms. The monoisotopic (exact) mass is 370 g/mol. The molecule has 1 fully saturated rings. The Balaban J connectivity index is 1.90. The average molecular weight is 370 g/mol. The SMILES string of the molecule is COc1ccccc1C1CCCN(c2nc(C(F)(F)F)c(C(=O)O)o2)C1. The summed E-state index contributed by atoms with van der Waals surface area (Å²) in [4.78, 5) is 16.0. The van der Waals surface area contributed by atoms with Gasteiger partial charge in [-0.2, -0.15) is 18.2 Å². The van der Waals surface area contributed by atoms with Gasteiger partial charge in [0, 0.05) is 19.0 Å². The second kappa shape index (κ2) is 6.89. The van der Waals surface area contributed by atoms with E-state index in [9.17, 15) is 18.0 Å². The van der Waals surface area contributed by atoms with Crippen LogP contribution >= 0.6 is 0 Å². The van der Waals surface area contributed by atoms with E-state index in [4.69, 9.17) is 14.3 Å². The molecule has 1 unspecified atom stereocenters. The van der Waals surface area contributed by atoms with Crippen LogP contribution in [0.5, 0.6) is 5.75 Å². The Kier molecular flexibility index (Phi) is 4.80. The van der Waals surface area contributed by atoms with Crippen molar-refractivity contribution in [3.63, 3.8) is 0 Å². The number of benzene rings is 1. The molecule has 0 aliphatic carbocycles. The minimum Gasteiger partial charge on any atom is -0.496 e. The molecule has 2 aromatic rings. The summed E-state index contributed by atoms with van der Waals surface area (Å²) in [5.41, 5.74) is -0.569. The van der Waals surface area contributed by atoms with Crippen molar-refractivity contribution in [1.29, 1.82) is 0 Å². The molecule has 0 radical (unpaired) electrons. The van der Waals surface area contributed by atoms with Crippen LogP contribution in [0.15, 0.2) is 28.7 Å². The normalized spacial score (nSPS) is 18.0.